The van der Waals surface area contributed by atoms with Crippen molar-refractivity contribution in [2.24, 2.45) is 0 Å². The van der Waals surface area contributed by atoms with Gasteiger partial charge in [-0.05, 0) is 35.9 Å². The molecule has 2 aromatic rings. The highest BCUT2D eigenvalue weighted by Crippen LogP contribution is 2.23. The van der Waals surface area contributed by atoms with Crippen LogP contribution in [0.25, 0.3) is 0 Å². The van der Waals surface area contributed by atoms with Gasteiger partial charge in [0.15, 0.2) is 0 Å². The third-order valence-corrected chi connectivity index (χ3v) is 3.31. The molecule has 5 heteroatoms. The summed E-state index contributed by atoms with van der Waals surface area (Å²) in [5.41, 5.74) is 1.76. The van der Waals surface area contributed by atoms with Gasteiger partial charge < -0.3 is 5.32 Å². The molecule has 0 aromatic heterocycles. The maximum absolute atomic E-state index is 13.0. The van der Waals surface area contributed by atoms with E-state index in [1.807, 2.05) is 12.1 Å². The van der Waals surface area contributed by atoms with Crippen LogP contribution in [0.3, 0.4) is 0 Å². The van der Waals surface area contributed by atoms with Crippen LogP contribution in [-0.2, 0) is 6.54 Å². The SMILES string of the molecule is N#Cc1cc(F)ccc1NCc1ccc(Cl)c(Cl)c1. The van der Waals surface area contributed by atoms with E-state index < -0.39 is 5.82 Å². The first-order valence-corrected chi connectivity index (χ1v) is 6.23. The van der Waals surface area contributed by atoms with Gasteiger partial charge in [-0.1, -0.05) is 29.3 Å². The lowest BCUT2D eigenvalue weighted by atomic mass is 10.1. The van der Waals surface area contributed by atoms with Gasteiger partial charge in [-0.2, -0.15) is 5.26 Å². The number of anilines is 1. The molecule has 19 heavy (non-hydrogen) atoms. The normalized spacial score (nSPS) is 10.0. The van der Waals surface area contributed by atoms with Gasteiger partial charge in [-0.25, -0.2) is 4.39 Å². The lowest BCUT2D eigenvalue weighted by molar-refractivity contribution is 0.627. The van der Waals surface area contributed by atoms with Crippen molar-refractivity contribution in [1.29, 1.82) is 5.26 Å². The molecular weight excluding hydrogens is 286 g/mol. The molecule has 0 saturated carbocycles. The molecule has 2 nitrogen and oxygen atoms in total. The number of benzene rings is 2. The Hall–Kier alpha value is -1.76. The molecule has 0 aliphatic heterocycles. The van der Waals surface area contributed by atoms with Crippen LogP contribution < -0.4 is 5.32 Å². The molecule has 0 heterocycles. The van der Waals surface area contributed by atoms with Crippen LogP contribution in [0, 0.1) is 17.1 Å². The molecule has 0 radical (unpaired) electrons. The van der Waals surface area contributed by atoms with Crippen molar-refractivity contribution in [2.75, 3.05) is 5.32 Å². The smallest absolute Gasteiger partial charge is 0.124 e. The molecule has 0 amide bonds. The van der Waals surface area contributed by atoms with E-state index in [1.165, 1.54) is 18.2 Å². The van der Waals surface area contributed by atoms with Crippen molar-refractivity contribution in [1.82, 2.24) is 0 Å². The van der Waals surface area contributed by atoms with E-state index in [1.54, 1.807) is 12.1 Å². The number of halogens is 3. The fraction of sp³-hybridized carbons (Fsp3) is 0.0714. The summed E-state index contributed by atoms with van der Waals surface area (Å²) < 4.78 is 13.0. The number of rotatable bonds is 3. The Morgan fingerprint density at radius 2 is 1.89 bits per heavy atom. The molecule has 0 aliphatic carbocycles. The molecule has 0 aliphatic rings. The van der Waals surface area contributed by atoms with Gasteiger partial charge in [0.25, 0.3) is 0 Å². The minimum absolute atomic E-state index is 0.264. The average Bonchev–Trinajstić information content (AvgIpc) is 2.41. The van der Waals surface area contributed by atoms with Crippen LogP contribution in [-0.4, -0.2) is 0 Å². The van der Waals surface area contributed by atoms with Gasteiger partial charge in [-0.15, -0.1) is 0 Å². The minimum atomic E-state index is -0.434. The van der Waals surface area contributed by atoms with Crippen LogP contribution in [0.1, 0.15) is 11.1 Å². The van der Waals surface area contributed by atoms with Crippen LogP contribution in [0.2, 0.25) is 10.0 Å². The Morgan fingerprint density at radius 1 is 1.11 bits per heavy atom. The standard InChI is InChI=1S/C14H9Cl2FN2/c15-12-3-1-9(5-13(12)16)8-19-14-4-2-11(17)6-10(14)7-18/h1-6,19H,8H2. The van der Waals surface area contributed by atoms with Gasteiger partial charge >= 0.3 is 0 Å². The largest absolute Gasteiger partial charge is 0.380 e. The Balaban J connectivity index is 2.14. The van der Waals surface area contributed by atoms with Crippen molar-refractivity contribution in [3.8, 4) is 6.07 Å². The lowest BCUT2D eigenvalue weighted by Gasteiger charge is -2.09. The molecular formula is C14H9Cl2FN2. The van der Waals surface area contributed by atoms with Crippen LogP contribution in [0.15, 0.2) is 36.4 Å². The Kier molecular flexibility index (Phi) is 4.26. The van der Waals surface area contributed by atoms with Crippen LogP contribution in [0.5, 0.6) is 0 Å². The van der Waals surface area contributed by atoms with E-state index in [0.29, 0.717) is 22.3 Å². The number of nitriles is 1. The topological polar surface area (TPSA) is 35.8 Å². The summed E-state index contributed by atoms with van der Waals surface area (Å²) in [5.74, 6) is -0.434. The van der Waals surface area contributed by atoms with Gasteiger partial charge in [0.05, 0.1) is 21.3 Å². The average molecular weight is 295 g/mol. The predicted octanol–water partition coefficient (Wildman–Crippen LogP) is 4.62. The fourth-order valence-corrected chi connectivity index (χ4v) is 1.93. The zero-order valence-electron chi connectivity index (χ0n) is 9.75. The first-order chi connectivity index (χ1) is 9.10. The number of hydrogen-bond acceptors (Lipinski definition) is 2. The zero-order chi connectivity index (χ0) is 13.8. The molecule has 0 spiro atoms. The number of nitrogens with one attached hydrogen (secondary N) is 1. The second-order valence-corrected chi connectivity index (χ2v) is 4.72. The monoisotopic (exact) mass is 294 g/mol. The number of hydrogen-bond donors (Lipinski definition) is 1. The summed E-state index contributed by atoms with van der Waals surface area (Å²) in [6, 6.07) is 11.2. The molecule has 0 bridgehead atoms. The highest BCUT2D eigenvalue weighted by Gasteiger charge is 2.04. The quantitative estimate of drug-likeness (QED) is 0.897. The highest BCUT2D eigenvalue weighted by molar-refractivity contribution is 6.42. The molecule has 0 unspecified atom stereocenters. The second kappa shape index (κ2) is 5.92. The van der Waals surface area contributed by atoms with E-state index in [2.05, 4.69) is 5.32 Å². The predicted molar refractivity (Wildman–Crippen MR) is 74.9 cm³/mol. The molecule has 1 N–H and O–H groups in total. The van der Waals surface area contributed by atoms with E-state index in [0.717, 1.165) is 5.56 Å². The summed E-state index contributed by atoms with van der Waals surface area (Å²) in [6.07, 6.45) is 0. The molecule has 0 atom stereocenters. The third kappa shape index (κ3) is 3.37. The van der Waals surface area contributed by atoms with Crippen molar-refractivity contribution in [3.05, 3.63) is 63.4 Å². The van der Waals surface area contributed by atoms with E-state index in [4.69, 9.17) is 28.5 Å². The summed E-state index contributed by atoms with van der Waals surface area (Å²) in [6.45, 7) is 0.469. The summed E-state index contributed by atoms with van der Waals surface area (Å²) in [4.78, 5) is 0. The molecule has 2 aromatic carbocycles. The van der Waals surface area contributed by atoms with Crippen LogP contribution in [0.4, 0.5) is 10.1 Å². The Morgan fingerprint density at radius 3 is 2.58 bits per heavy atom. The third-order valence-electron chi connectivity index (χ3n) is 2.57. The van der Waals surface area contributed by atoms with Crippen molar-refractivity contribution < 1.29 is 4.39 Å². The van der Waals surface area contributed by atoms with E-state index >= 15 is 0 Å². The maximum Gasteiger partial charge on any atom is 0.124 e. The minimum Gasteiger partial charge on any atom is -0.380 e. The summed E-state index contributed by atoms with van der Waals surface area (Å²) >= 11 is 11.7. The lowest BCUT2D eigenvalue weighted by Crippen LogP contribution is -2.01. The molecule has 0 saturated heterocycles. The number of nitrogens with zero attached hydrogens (tertiary/aromatic N) is 1. The van der Waals surface area contributed by atoms with E-state index in [-0.39, 0.29) is 5.56 Å². The van der Waals surface area contributed by atoms with Gasteiger partial charge in [0, 0.05) is 6.54 Å². The van der Waals surface area contributed by atoms with Gasteiger partial charge in [0.2, 0.25) is 0 Å². The van der Waals surface area contributed by atoms with Crippen LogP contribution >= 0.6 is 23.2 Å². The fourth-order valence-electron chi connectivity index (χ4n) is 1.61. The van der Waals surface area contributed by atoms with Crippen molar-refractivity contribution in [3.63, 3.8) is 0 Å². The Labute approximate surface area is 120 Å². The maximum atomic E-state index is 13.0. The first-order valence-electron chi connectivity index (χ1n) is 5.47. The summed E-state index contributed by atoms with van der Waals surface area (Å²) in [5, 5.41) is 13.0. The highest BCUT2D eigenvalue weighted by atomic mass is 35.5. The zero-order valence-corrected chi connectivity index (χ0v) is 11.3. The summed E-state index contributed by atoms with van der Waals surface area (Å²) in [7, 11) is 0. The molecule has 0 fully saturated rings. The molecule has 96 valence electrons. The van der Waals surface area contributed by atoms with E-state index in [9.17, 15) is 4.39 Å². The second-order valence-electron chi connectivity index (χ2n) is 3.90. The van der Waals surface area contributed by atoms with Crippen molar-refractivity contribution in [2.45, 2.75) is 6.54 Å². The first kappa shape index (κ1) is 13.7. The van der Waals surface area contributed by atoms with Gasteiger partial charge in [0.1, 0.15) is 11.9 Å². The van der Waals surface area contributed by atoms with Crippen molar-refractivity contribution >= 4 is 28.9 Å². The Bertz CT molecular complexity index is 650. The van der Waals surface area contributed by atoms with Gasteiger partial charge in [-0.3, -0.25) is 0 Å². The molecule has 2 rings (SSSR count).